The standard InChI is InChI=1S/C15H15F2N3O3/c1-9-6-11(15(16)17)20(19-9)8-14(21)18-10-2-3-12-13(7-10)23-5-4-22-12/h2-3,6-7,15H,4-5,8H2,1H3,(H,18,21). The van der Waals surface area contributed by atoms with Crippen LogP contribution in [0.4, 0.5) is 14.5 Å². The SMILES string of the molecule is Cc1cc(C(F)F)n(CC(=O)Nc2ccc3c(c2)OCCO3)n1. The Morgan fingerprint density at radius 2 is 2.04 bits per heavy atom. The Balaban J connectivity index is 1.70. The highest BCUT2D eigenvalue weighted by atomic mass is 19.3. The molecule has 3 rings (SSSR count). The number of benzene rings is 1. The van der Waals surface area contributed by atoms with Gasteiger partial charge >= 0.3 is 0 Å². The van der Waals surface area contributed by atoms with E-state index in [0.29, 0.717) is 36.1 Å². The van der Waals surface area contributed by atoms with Crippen LogP contribution >= 0.6 is 0 Å². The Labute approximate surface area is 131 Å². The number of hydrogen-bond acceptors (Lipinski definition) is 4. The van der Waals surface area contributed by atoms with Crippen LogP contribution in [0.5, 0.6) is 11.5 Å². The van der Waals surface area contributed by atoms with Crippen LogP contribution in [0.15, 0.2) is 24.3 Å². The first-order valence-electron chi connectivity index (χ1n) is 7.05. The quantitative estimate of drug-likeness (QED) is 0.939. The summed E-state index contributed by atoms with van der Waals surface area (Å²) in [5.74, 6) is 0.695. The summed E-state index contributed by atoms with van der Waals surface area (Å²) >= 11 is 0. The molecule has 8 heteroatoms. The smallest absolute Gasteiger partial charge is 0.280 e. The molecular weight excluding hydrogens is 308 g/mol. The molecule has 1 aliphatic rings. The van der Waals surface area contributed by atoms with E-state index in [1.165, 1.54) is 6.07 Å². The van der Waals surface area contributed by atoms with Gasteiger partial charge in [-0.15, -0.1) is 0 Å². The van der Waals surface area contributed by atoms with Crippen molar-refractivity contribution in [3.8, 4) is 11.5 Å². The first-order chi connectivity index (χ1) is 11.0. The summed E-state index contributed by atoms with van der Waals surface area (Å²) < 4.78 is 37.6. The summed E-state index contributed by atoms with van der Waals surface area (Å²) in [5, 5.41) is 6.55. The molecule has 1 aromatic heterocycles. The number of carbonyl (C=O) groups excluding carboxylic acids is 1. The van der Waals surface area contributed by atoms with Crippen LogP contribution in [0.2, 0.25) is 0 Å². The predicted octanol–water partition coefficient (Wildman–Crippen LogP) is 2.54. The number of aryl methyl sites for hydroxylation is 1. The van der Waals surface area contributed by atoms with Crippen molar-refractivity contribution >= 4 is 11.6 Å². The summed E-state index contributed by atoms with van der Waals surface area (Å²) in [6.45, 7) is 2.23. The number of rotatable bonds is 4. The van der Waals surface area contributed by atoms with E-state index in [4.69, 9.17) is 9.47 Å². The van der Waals surface area contributed by atoms with E-state index in [1.807, 2.05) is 0 Å². The van der Waals surface area contributed by atoms with E-state index in [9.17, 15) is 13.6 Å². The Bertz CT molecular complexity index is 731. The average molecular weight is 323 g/mol. The normalized spacial score (nSPS) is 13.2. The van der Waals surface area contributed by atoms with Gasteiger partial charge in [-0.2, -0.15) is 5.10 Å². The molecule has 0 saturated carbocycles. The van der Waals surface area contributed by atoms with Crippen molar-refractivity contribution in [1.29, 1.82) is 0 Å². The molecule has 0 bridgehead atoms. The molecule has 23 heavy (non-hydrogen) atoms. The van der Waals surface area contributed by atoms with Crippen LogP contribution in [0, 0.1) is 6.92 Å². The second kappa shape index (κ2) is 6.23. The lowest BCUT2D eigenvalue weighted by Crippen LogP contribution is -2.21. The fourth-order valence-electron chi connectivity index (χ4n) is 2.33. The van der Waals surface area contributed by atoms with E-state index < -0.39 is 12.3 Å². The van der Waals surface area contributed by atoms with Gasteiger partial charge in [0.2, 0.25) is 5.91 Å². The third-order valence-corrected chi connectivity index (χ3v) is 3.28. The van der Waals surface area contributed by atoms with Crippen molar-refractivity contribution in [2.45, 2.75) is 19.9 Å². The van der Waals surface area contributed by atoms with Crippen molar-refractivity contribution < 1.29 is 23.0 Å². The molecule has 0 radical (unpaired) electrons. The van der Waals surface area contributed by atoms with Crippen molar-refractivity contribution in [1.82, 2.24) is 9.78 Å². The van der Waals surface area contributed by atoms with Gasteiger partial charge in [0.25, 0.3) is 6.43 Å². The van der Waals surface area contributed by atoms with Crippen LogP contribution in [0.1, 0.15) is 17.8 Å². The maximum atomic E-state index is 12.9. The minimum Gasteiger partial charge on any atom is -0.486 e. The summed E-state index contributed by atoms with van der Waals surface area (Å²) in [5.41, 5.74) is 0.661. The lowest BCUT2D eigenvalue weighted by molar-refractivity contribution is -0.117. The summed E-state index contributed by atoms with van der Waals surface area (Å²) in [7, 11) is 0. The van der Waals surface area contributed by atoms with E-state index >= 15 is 0 Å². The van der Waals surface area contributed by atoms with Crippen LogP contribution in [0.25, 0.3) is 0 Å². The van der Waals surface area contributed by atoms with Crippen LogP contribution in [-0.4, -0.2) is 28.9 Å². The van der Waals surface area contributed by atoms with Gasteiger partial charge in [0.1, 0.15) is 25.5 Å². The first kappa shape index (κ1) is 15.3. The number of hydrogen-bond donors (Lipinski definition) is 1. The minimum absolute atomic E-state index is 0.278. The predicted molar refractivity (Wildman–Crippen MR) is 78.0 cm³/mol. The molecule has 1 amide bonds. The molecule has 0 aliphatic carbocycles. The number of aromatic nitrogens is 2. The molecule has 0 fully saturated rings. The molecule has 0 unspecified atom stereocenters. The lowest BCUT2D eigenvalue weighted by Gasteiger charge is -2.19. The van der Waals surface area contributed by atoms with E-state index in [1.54, 1.807) is 25.1 Å². The molecule has 0 saturated heterocycles. The zero-order chi connectivity index (χ0) is 16.4. The number of nitrogens with zero attached hydrogens (tertiary/aromatic N) is 2. The maximum Gasteiger partial charge on any atom is 0.280 e. The topological polar surface area (TPSA) is 65.4 Å². The van der Waals surface area contributed by atoms with E-state index in [0.717, 1.165) is 4.68 Å². The molecule has 1 aromatic carbocycles. The highest BCUT2D eigenvalue weighted by molar-refractivity contribution is 5.90. The zero-order valence-corrected chi connectivity index (χ0v) is 12.4. The third-order valence-electron chi connectivity index (χ3n) is 3.28. The maximum absolute atomic E-state index is 12.9. The Hall–Kier alpha value is -2.64. The van der Waals surface area contributed by atoms with Crippen molar-refractivity contribution in [2.24, 2.45) is 0 Å². The molecule has 2 heterocycles. The molecule has 122 valence electrons. The van der Waals surface area contributed by atoms with Crippen molar-refractivity contribution in [2.75, 3.05) is 18.5 Å². The van der Waals surface area contributed by atoms with Gasteiger partial charge in [-0.05, 0) is 25.1 Å². The highest BCUT2D eigenvalue weighted by Crippen LogP contribution is 2.32. The van der Waals surface area contributed by atoms with Gasteiger partial charge in [0, 0.05) is 11.8 Å². The Kier molecular flexibility index (Phi) is 4.14. The minimum atomic E-state index is -2.68. The molecule has 0 spiro atoms. The fraction of sp³-hybridized carbons (Fsp3) is 0.333. The monoisotopic (exact) mass is 323 g/mol. The number of alkyl halides is 2. The number of carbonyl (C=O) groups is 1. The summed E-state index contributed by atoms with van der Waals surface area (Å²) in [6.07, 6.45) is -2.68. The molecule has 1 N–H and O–H groups in total. The number of amides is 1. The van der Waals surface area contributed by atoms with Gasteiger partial charge in [-0.25, -0.2) is 8.78 Å². The molecule has 1 aliphatic heterocycles. The summed E-state index contributed by atoms with van der Waals surface area (Å²) in [4.78, 5) is 12.0. The van der Waals surface area contributed by atoms with Crippen molar-refractivity contribution in [3.63, 3.8) is 0 Å². The highest BCUT2D eigenvalue weighted by Gasteiger charge is 2.18. The number of fused-ring (bicyclic) bond motifs is 1. The van der Waals surface area contributed by atoms with Gasteiger partial charge < -0.3 is 14.8 Å². The van der Waals surface area contributed by atoms with Crippen LogP contribution in [0.3, 0.4) is 0 Å². The second-order valence-corrected chi connectivity index (χ2v) is 5.08. The number of halogens is 2. The van der Waals surface area contributed by atoms with Crippen LogP contribution < -0.4 is 14.8 Å². The fourth-order valence-corrected chi connectivity index (χ4v) is 2.33. The zero-order valence-electron chi connectivity index (χ0n) is 12.4. The first-order valence-corrected chi connectivity index (χ1v) is 7.05. The molecular formula is C15H15F2N3O3. The Morgan fingerprint density at radius 1 is 1.30 bits per heavy atom. The van der Waals surface area contributed by atoms with E-state index in [-0.39, 0.29) is 12.2 Å². The molecule has 0 atom stereocenters. The number of ether oxygens (including phenoxy) is 2. The van der Waals surface area contributed by atoms with Gasteiger partial charge in [0.15, 0.2) is 11.5 Å². The number of anilines is 1. The second-order valence-electron chi connectivity index (χ2n) is 5.08. The third kappa shape index (κ3) is 3.41. The van der Waals surface area contributed by atoms with Gasteiger partial charge in [-0.1, -0.05) is 0 Å². The van der Waals surface area contributed by atoms with Crippen LogP contribution in [-0.2, 0) is 11.3 Å². The van der Waals surface area contributed by atoms with Gasteiger partial charge in [0.05, 0.1) is 5.69 Å². The average Bonchev–Trinajstić information content (AvgIpc) is 2.87. The van der Waals surface area contributed by atoms with Gasteiger partial charge in [-0.3, -0.25) is 9.48 Å². The van der Waals surface area contributed by atoms with Crippen molar-refractivity contribution in [3.05, 3.63) is 35.7 Å². The van der Waals surface area contributed by atoms with E-state index in [2.05, 4.69) is 10.4 Å². The molecule has 6 nitrogen and oxygen atoms in total. The number of nitrogens with one attached hydrogen (secondary N) is 1. The Morgan fingerprint density at radius 3 is 2.78 bits per heavy atom. The summed E-state index contributed by atoms with van der Waals surface area (Å²) in [6, 6.07) is 6.25. The lowest BCUT2D eigenvalue weighted by atomic mass is 10.2. The largest absolute Gasteiger partial charge is 0.486 e. The molecule has 2 aromatic rings.